The molecule has 8 aromatic carbocycles. The Morgan fingerprint density at radius 2 is 0.614 bits per heavy atom. The number of rotatable bonds is 3. The Hall–Kier alpha value is -5.20. The average molecular weight is 563 g/mol. The first kappa shape index (κ1) is 26.4. The van der Waals surface area contributed by atoms with E-state index < -0.39 is 0 Å². The van der Waals surface area contributed by atoms with Gasteiger partial charge in [0.25, 0.3) is 0 Å². The molecule has 0 aliphatic carbocycles. The van der Waals surface area contributed by atoms with Crippen LogP contribution in [-0.2, 0) is 0 Å². The van der Waals surface area contributed by atoms with E-state index in [1.54, 1.807) is 0 Å². The lowest BCUT2D eigenvalue weighted by molar-refractivity contribution is 1.41. The molecule has 0 spiro atoms. The van der Waals surface area contributed by atoms with Crippen LogP contribution in [0.5, 0.6) is 0 Å². The Morgan fingerprint density at radius 3 is 1.02 bits per heavy atom. The molecule has 44 heavy (non-hydrogen) atoms. The van der Waals surface area contributed by atoms with Crippen molar-refractivity contribution in [3.05, 3.63) is 156 Å². The molecular formula is C44H34. The molecule has 210 valence electrons. The molecule has 0 heterocycles. The Labute approximate surface area is 259 Å². The second kappa shape index (κ2) is 10.2. The smallest absolute Gasteiger partial charge is 0.00608 e. The molecular weight excluding hydrogens is 528 g/mol. The lowest BCUT2D eigenvalue weighted by atomic mass is 9.80. The van der Waals surface area contributed by atoms with E-state index in [4.69, 9.17) is 0 Å². The zero-order valence-electron chi connectivity index (χ0n) is 25.7. The van der Waals surface area contributed by atoms with E-state index in [1.165, 1.54) is 98.7 Å². The Bertz CT molecular complexity index is 2250. The van der Waals surface area contributed by atoms with Gasteiger partial charge in [0.1, 0.15) is 0 Å². The molecule has 0 amide bonds. The predicted octanol–water partition coefficient (Wildman–Crippen LogP) is 12.5. The number of hydrogen-bond donors (Lipinski definition) is 0. The Morgan fingerprint density at radius 1 is 0.273 bits per heavy atom. The number of hydrogen-bond acceptors (Lipinski definition) is 0. The highest BCUT2D eigenvalue weighted by Gasteiger charge is 2.21. The third-order valence-electron chi connectivity index (χ3n) is 9.85. The van der Waals surface area contributed by atoms with E-state index >= 15 is 0 Å². The Kier molecular flexibility index (Phi) is 6.13. The molecule has 8 rings (SSSR count). The summed E-state index contributed by atoms with van der Waals surface area (Å²) in [6.07, 6.45) is 0. The highest BCUT2D eigenvalue weighted by Crippen LogP contribution is 2.46. The molecule has 0 aliphatic rings. The molecule has 0 bridgehead atoms. The van der Waals surface area contributed by atoms with Crippen molar-refractivity contribution in [2.45, 2.75) is 27.7 Å². The molecule has 0 atom stereocenters. The number of aryl methyl sites for hydroxylation is 2. The summed E-state index contributed by atoms with van der Waals surface area (Å²) < 4.78 is 0. The van der Waals surface area contributed by atoms with Crippen LogP contribution in [0.4, 0.5) is 0 Å². The fraction of sp³-hybridized carbons (Fsp3) is 0.0909. The van der Waals surface area contributed by atoms with Crippen LogP contribution >= 0.6 is 0 Å². The average Bonchev–Trinajstić information content (AvgIpc) is 3.06. The van der Waals surface area contributed by atoms with Gasteiger partial charge in [-0.25, -0.2) is 0 Å². The van der Waals surface area contributed by atoms with Crippen LogP contribution in [0.1, 0.15) is 22.3 Å². The van der Waals surface area contributed by atoms with Crippen molar-refractivity contribution in [3.63, 3.8) is 0 Å². The van der Waals surface area contributed by atoms with Crippen LogP contribution in [-0.4, -0.2) is 0 Å². The summed E-state index contributed by atoms with van der Waals surface area (Å²) in [4.78, 5) is 0. The van der Waals surface area contributed by atoms with E-state index in [2.05, 4.69) is 161 Å². The predicted molar refractivity (Wildman–Crippen MR) is 192 cm³/mol. The van der Waals surface area contributed by atoms with Crippen LogP contribution in [0.15, 0.2) is 133 Å². The van der Waals surface area contributed by atoms with E-state index in [-0.39, 0.29) is 0 Å². The van der Waals surface area contributed by atoms with Crippen LogP contribution in [0, 0.1) is 27.7 Å². The minimum Gasteiger partial charge on any atom is -0.0616 e. The van der Waals surface area contributed by atoms with Gasteiger partial charge in [-0.3, -0.25) is 0 Å². The lowest BCUT2D eigenvalue weighted by Crippen LogP contribution is -1.98. The molecule has 0 aromatic heterocycles. The molecule has 0 saturated heterocycles. The summed E-state index contributed by atoms with van der Waals surface area (Å²) in [6, 6.07) is 49.3. The van der Waals surface area contributed by atoms with Gasteiger partial charge >= 0.3 is 0 Å². The highest BCUT2D eigenvalue weighted by molar-refractivity contribution is 6.12. The third kappa shape index (κ3) is 3.98. The SMILES string of the molecule is Cc1c(-c2ccc3ccccc3c2C)cc2ccccc2c1-c1c(C)c(-c2ccc3ccccc3c2C)cc2ccccc12. The van der Waals surface area contributed by atoms with Gasteiger partial charge in [0.05, 0.1) is 0 Å². The van der Waals surface area contributed by atoms with Gasteiger partial charge < -0.3 is 0 Å². The van der Waals surface area contributed by atoms with Crippen LogP contribution < -0.4 is 0 Å². The summed E-state index contributed by atoms with van der Waals surface area (Å²) in [6.45, 7) is 9.20. The topological polar surface area (TPSA) is 0 Å². The minimum atomic E-state index is 1.27. The van der Waals surface area contributed by atoms with E-state index in [9.17, 15) is 0 Å². The lowest BCUT2D eigenvalue weighted by Gasteiger charge is -2.23. The molecule has 0 heteroatoms. The maximum absolute atomic E-state index is 2.40. The van der Waals surface area contributed by atoms with Crippen LogP contribution in [0.3, 0.4) is 0 Å². The maximum atomic E-state index is 2.40. The molecule has 0 saturated carbocycles. The number of fused-ring (bicyclic) bond motifs is 4. The summed E-state index contributed by atoms with van der Waals surface area (Å²) in [5, 5.41) is 10.3. The summed E-state index contributed by atoms with van der Waals surface area (Å²) in [7, 11) is 0. The first-order valence-electron chi connectivity index (χ1n) is 15.5. The largest absolute Gasteiger partial charge is 0.0616 e. The van der Waals surface area contributed by atoms with Crippen LogP contribution in [0.2, 0.25) is 0 Å². The zero-order valence-corrected chi connectivity index (χ0v) is 25.7. The van der Waals surface area contributed by atoms with Crippen molar-refractivity contribution in [2.75, 3.05) is 0 Å². The van der Waals surface area contributed by atoms with Crippen molar-refractivity contribution >= 4 is 43.1 Å². The van der Waals surface area contributed by atoms with E-state index in [1.807, 2.05) is 0 Å². The Balaban J connectivity index is 1.49. The van der Waals surface area contributed by atoms with Crippen molar-refractivity contribution in [2.24, 2.45) is 0 Å². The standard InChI is InChI=1S/C44H34/c1-27-35-17-9-5-13-31(35)21-23-37(27)41-25-33-15-7-11-19-39(33)43(29(41)3)44-30(4)42(26-34-16-8-12-20-40(34)44)38-24-22-32-14-6-10-18-36(32)28(38)2/h5-26H,1-4H3. The van der Waals surface area contributed by atoms with Gasteiger partial charge in [0.15, 0.2) is 0 Å². The van der Waals surface area contributed by atoms with Crippen molar-refractivity contribution in [1.29, 1.82) is 0 Å². The summed E-state index contributed by atoms with van der Waals surface area (Å²) in [5.74, 6) is 0. The monoisotopic (exact) mass is 562 g/mol. The fourth-order valence-corrected chi connectivity index (χ4v) is 7.54. The second-order valence-electron chi connectivity index (χ2n) is 12.2. The highest BCUT2D eigenvalue weighted by atomic mass is 14.2. The molecule has 0 aliphatic heterocycles. The van der Waals surface area contributed by atoms with Gasteiger partial charge in [-0.1, -0.05) is 121 Å². The van der Waals surface area contributed by atoms with Crippen LogP contribution in [0.25, 0.3) is 76.5 Å². The zero-order chi connectivity index (χ0) is 29.9. The van der Waals surface area contributed by atoms with E-state index in [0.29, 0.717) is 0 Å². The van der Waals surface area contributed by atoms with Crippen molar-refractivity contribution < 1.29 is 0 Å². The third-order valence-corrected chi connectivity index (χ3v) is 9.85. The van der Waals surface area contributed by atoms with Crippen molar-refractivity contribution in [3.8, 4) is 33.4 Å². The molecule has 0 unspecified atom stereocenters. The van der Waals surface area contributed by atoms with Gasteiger partial charge in [-0.2, -0.15) is 0 Å². The van der Waals surface area contributed by atoms with E-state index in [0.717, 1.165) is 0 Å². The van der Waals surface area contributed by atoms with Crippen molar-refractivity contribution in [1.82, 2.24) is 0 Å². The first-order chi connectivity index (χ1) is 21.5. The molecule has 8 aromatic rings. The van der Waals surface area contributed by atoms with Gasteiger partial charge in [0, 0.05) is 0 Å². The minimum absolute atomic E-state index is 1.27. The maximum Gasteiger partial charge on any atom is -0.00608 e. The normalized spacial score (nSPS) is 11.6. The summed E-state index contributed by atoms with van der Waals surface area (Å²) in [5.41, 5.74) is 13.2. The first-order valence-corrected chi connectivity index (χ1v) is 15.5. The molecule has 0 fully saturated rings. The molecule has 0 N–H and O–H groups in total. The van der Waals surface area contributed by atoms with Gasteiger partial charge in [-0.15, -0.1) is 0 Å². The number of benzene rings is 8. The quantitative estimate of drug-likeness (QED) is 0.201. The summed E-state index contributed by atoms with van der Waals surface area (Å²) >= 11 is 0. The van der Waals surface area contributed by atoms with Gasteiger partial charge in [0.2, 0.25) is 0 Å². The fourth-order valence-electron chi connectivity index (χ4n) is 7.54. The molecule has 0 radical (unpaired) electrons. The van der Waals surface area contributed by atoms with Gasteiger partial charge in [-0.05, 0) is 139 Å². The second-order valence-corrected chi connectivity index (χ2v) is 12.2. The molecule has 0 nitrogen and oxygen atoms in total.